The number of halogens is 3. The molecule has 1 N–H and O–H groups in total. The Morgan fingerprint density at radius 2 is 1.88 bits per heavy atom. The van der Waals surface area contributed by atoms with E-state index in [1.165, 1.54) is 23.5 Å². The fourth-order valence-corrected chi connectivity index (χ4v) is 2.63. The van der Waals surface area contributed by atoms with E-state index in [1.54, 1.807) is 0 Å². The van der Waals surface area contributed by atoms with E-state index in [0.29, 0.717) is 10.7 Å². The Bertz CT molecular complexity index is 683. The number of anilines is 1. The van der Waals surface area contributed by atoms with Crippen LogP contribution in [0.3, 0.4) is 0 Å². The summed E-state index contributed by atoms with van der Waals surface area (Å²) in [6, 6.07) is 4.52. The van der Waals surface area contributed by atoms with Gasteiger partial charge in [-0.2, -0.15) is 13.2 Å². The van der Waals surface area contributed by atoms with Crippen LogP contribution in [0.1, 0.15) is 16.1 Å². The van der Waals surface area contributed by atoms with E-state index >= 15 is 0 Å². The highest BCUT2D eigenvalue weighted by Gasteiger charge is 2.29. The molecule has 0 saturated heterocycles. The van der Waals surface area contributed by atoms with Gasteiger partial charge in [-0.1, -0.05) is 23.5 Å². The molecule has 0 atom stereocenters. The van der Waals surface area contributed by atoms with Crippen molar-refractivity contribution in [1.82, 2.24) is 15.1 Å². The summed E-state index contributed by atoms with van der Waals surface area (Å²) in [5, 5.41) is 11.7. The van der Waals surface area contributed by atoms with Crippen molar-refractivity contribution >= 4 is 22.4 Å². The molecule has 2 rings (SSSR count). The second-order valence-corrected chi connectivity index (χ2v) is 6.54. The van der Waals surface area contributed by atoms with Crippen molar-refractivity contribution in [3.63, 3.8) is 0 Å². The number of benzene rings is 1. The fraction of sp³-hybridized carbons (Fsp3) is 0.400. The van der Waals surface area contributed by atoms with Gasteiger partial charge in [-0.25, -0.2) is 0 Å². The van der Waals surface area contributed by atoms with Gasteiger partial charge in [0.1, 0.15) is 5.01 Å². The molecule has 1 amide bonds. The van der Waals surface area contributed by atoms with Gasteiger partial charge in [-0.05, 0) is 31.8 Å². The van der Waals surface area contributed by atoms with Gasteiger partial charge in [0.2, 0.25) is 11.0 Å². The Labute approximate surface area is 141 Å². The van der Waals surface area contributed by atoms with Crippen LogP contribution in [-0.2, 0) is 23.8 Å². The van der Waals surface area contributed by atoms with E-state index in [2.05, 4.69) is 15.5 Å². The second kappa shape index (κ2) is 7.71. The van der Waals surface area contributed by atoms with Crippen molar-refractivity contribution in [2.24, 2.45) is 0 Å². The minimum atomic E-state index is -4.38. The molecule has 9 heteroatoms. The molecule has 5 nitrogen and oxygen atoms in total. The molecule has 0 radical (unpaired) electrons. The molecule has 0 aliphatic carbocycles. The lowest BCUT2D eigenvalue weighted by atomic mass is 10.1. The van der Waals surface area contributed by atoms with Crippen molar-refractivity contribution < 1.29 is 18.0 Å². The number of hydrogen-bond donors (Lipinski definition) is 1. The molecule has 2 aromatic rings. The Morgan fingerprint density at radius 1 is 1.21 bits per heavy atom. The predicted molar refractivity (Wildman–Crippen MR) is 85.9 cm³/mol. The summed E-state index contributed by atoms with van der Waals surface area (Å²) in [7, 11) is 3.90. The van der Waals surface area contributed by atoms with Crippen LogP contribution in [0, 0.1) is 0 Å². The molecule has 0 bridgehead atoms. The molecule has 24 heavy (non-hydrogen) atoms. The molecule has 0 spiro atoms. The van der Waals surface area contributed by atoms with Crippen molar-refractivity contribution in [3.8, 4) is 0 Å². The standard InChI is InChI=1S/C15H17F3N4OS/c1-22(2)8-7-13-20-21-14(24-13)19-12(23)9-10-3-5-11(6-4-10)15(16,17)18/h3-6H,7-9H2,1-2H3,(H,19,21,23). The zero-order valence-electron chi connectivity index (χ0n) is 13.2. The fourth-order valence-electron chi connectivity index (χ4n) is 1.88. The second-order valence-electron chi connectivity index (χ2n) is 5.47. The van der Waals surface area contributed by atoms with Crippen molar-refractivity contribution in [2.45, 2.75) is 19.0 Å². The molecule has 1 heterocycles. The summed E-state index contributed by atoms with van der Waals surface area (Å²) < 4.78 is 37.5. The monoisotopic (exact) mass is 358 g/mol. The summed E-state index contributed by atoms with van der Waals surface area (Å²) in [6.07, 6.45) is -3.67. The maximum Gasteiger partial charge on any atom is 0.416 e. The van der Waals surface area contributed by atoms with Crippen molar-refractivity contribution in [2.75, 3.05) is 26.0 Å². The lowest BCUT2D eigenvalue weighted by Crippen LogP contribution is -2.14. The van der Waals surface area contributed by atoms with Crippen LogP contribution in [0.4, 0.5) is 18.3 Å². The molecule has 1 aromatic carbocycles. The minimum absolute atomic E-state index is 0.0231. The number of hydrogen-bond acceptors (Lipinski definition) is 5. The molecular weight excluding hydrogens is 341 g/mol. The predicted octanol–water partition coefficient (Wildman–Crippen LogP) is 2.84. The highest BCUT2D eigenvalue weighted by molar-refractivity contribution is 7.15. The van der Waals surface area contributed by atoms with Gasteiger partial charge in [0, 0.05) is 13.0 Å². The molecule has 0 fully saturated rings. The minimum Gasteiger partial charge on any atom is -0.309 e. The maximum absolute atomic E-state index is 12.5. The number of aromatic nitrogens is 2. The average Bonchev–Trinajstić information content (AvgIpc) is 2.92. The smallest absolute Gasteiger partial charge is 0.309 e. The van der Waals surface area contributed by atoms with Crippen molar-refractivity contribution in [1.29, 1.82) is 0 Å². The van der Waals surface area contributed by atoms with E-state index < -0.39 is 11.7 Å². The zero-order chi connectivity index (χ0) is 17.7. The molecule has 0 aliphatic rings. The van der Waals surface area contributed by atoms with E-state index in [9.17, 15) is 18.0 Å². The molecular formula is C15H17F3N4OS. The molecule has 130 valence electrons. The van der Waals surface area contributed by atoms with Crippen molar-refractivity contribution in [3.05, 3.63) is 40.4 Å². The number of alkyl halides is 3. The number of carbonyl (C=O) groups excluding carboxylic acids is 1. The maximum atomic E-state index is 12.5. The van der Waals surface area contributed by atoms with Gasteiger partial charge >= 0.3 is 6.18 Å². The van der Waals surface area contributed by atoms with E-state index in [0.717, 1.165) is 30.1 Å². The summed E-state index contributed by atoms with van der Waals surface area (Å²) in [5.74, 6) is -0.343. The van der Waals surface area contributed by atoms with Crippen LogP contribution in [0.25, 0.3) is 0 Å². The van der Waals surface area contributed by atoms with Crippen LogP contribution >= 0.6 is 11.3 Å². The van der Waals surface area contributed by atoms with Gasteiger partial charge < -0.3 is 10.2 Å². The summed E-state index contributed by atoms with van der Waals surface area (Å²) >= 11 is 1.29. The number of amides is 1. The van der Waals surface area contributed by atoms with Gasteiger partial charge in [-0.3, -0.25) is 4.79 Å². The Balaban J connectivity index is 1.89. The molecule has 0 aliphatic heterocycles. The molecule has 0 unspecified atom stereocenters. The highest BCUT2D eigenvalue weighted by Crippen LogP contribution is 2.29. The van der Waals surface area contributed by atoms with E-state index in [4.69, 9.17) is 0 Å². The Morgan fingerprint density at radius 3 is 2.46 bits per heavy atom. The normalized spacial score (nSPS) is 11.8. The third-order valence-corrected chi connectivity index (χ3v) is 4.03. The first-order chi connectivity index (χ1) is 11.2. The van der Waals surface area contributed by atoms with Crippen LogP contribution in [0.2, 0.25) is 0 Å². The number of nitrogens with one attached hydrogen (secondary N) is 1. The molecule has 1 aromatic heterocycles. The number of likely N-dealkylation sites (N-methyl/N-ethyl adjacent to an activating group) is 1. The summed E-state index contributed by atoms with van der Waals surface area (Å²) in [4.78, 5) is 14.0. The van der Waals surface area contributed by atoms with Gasteiger partial charge in [0.15, 0.2) is 0 Å². The third kappa shape index (κ3) is 5.57. The van der Waals surface area contributed by atoms with Crippen LogP contribution in [-0.4, -0.2) is 41.6 Å². The SMILES string of the molecule is CN(C)CCc1nnc(NC(=O)Cc2ccc(C(F)(F)F)cc2)s1. The zero-order valence-corrected chi connectivity index (χ0v) is 14.0. The lowest BCUT2D eigenvalue weighted by molar-refractivity contribution is -0.137. The lowest BCUT2D eigenvalue weighted by Gasteiger charge is -2.07. The Hall–Kier alpha value is -2.00. The number of nitrogens with zero attached hydrogens (tertiary/aromatic N) is 3. The van der Waals surface area contributed by atoms with Gasteiger partial charge in [0.25, 0.3) is 0 Å². The first-order valence-electron chi connectivity index (χ1n) is 7.17. The Kier molecular flexibility index (Phi) is 5.89. The first kappa shape index (κ1) is 18.3. The van der Waals surface area contributed by atoms with Crippen LogP contribution < -0.4 is 5.32 Å². The topological polar surface area (TPSA) is 58.1 Å². The molecule has 0 saturated carbocycles. The van der Waals surface area contributed by atoms with E-state index in [1.807, 2.05) is 19.0 Å². The average molecular weight is 358 g/mol. The van der Waals surface area contributed by atoms with Gasteiger partial charge in [-0.15, -0.1) is 10.2 Å². The van der Waals surface area contributed by atoms with Crippen LogP contribution in [0.5, 0.6) is 0 Å². The van der Waals surface area contributed by atoms with Crippen LogP contribution in [0.15, 0.2) is 24.3 Å². The highest BCUT2D eigenvalue weighted by atomic mass is 32.1. The summed E-state index contributed by atoms with van der Waals surface area (Å²) in [6.45, 7) is 0.828. The van der Waals surface area contributed by atoms with E-state index in [-0.39, 0.29) is 12.3 Å². The van der Waals surface area contributed by atoms with Gasteiger partial charge in [0.05, 0.1) is 12.0 Å². The first-order valence-corrected chi connectivity index (χ1v) is 7.99. The summed E-state index contributed by atoms with van der Waals surface area (Å²) in [5.41, 5.74) is -0.237. The quantitative estimate of drug-likeness (QED) is 0.863. The number of rotatable bonds is 6. The third-order valence-electron chi connectivity index (χ3n) is 3.13. The number of carbonyl (C=O) groups is 1. The largest absolute Gasteiger partial charge is 0.416 e.